The van der Waals surface area contributed by atoms with Gasteiger partial charge in [0.1, 0.15) is 5.00 Å². The first-order valence-electron chi connectivity index (χ1n) is 10.9. The van der Waals surface area contributed by atoms with E-state index < -0.39 is 28.0 Å². The number of thiophene rings is 1. The summed E-state index contributed by atoms with van der Waals surface area (Å²) in [5, 5.41) is 3.47. The van der Waals surface area contributed by atoms with Gasteiger partial charge in [0, 0.05) is 27.7 Å². The molecule has 0 aliphatic carbocycles. The lowest BCUT2D eigenvalue weighted by atomic mass is 10.0. The first kappa shape index (κ1) is 26.5. The molecule has 2 amide bonds. The first-order valence-corrected chi connectivity index (χ1v) is 13.6. The number of benzene rings is 2. The molecule has 1 aromatic heterocycles. The van der Waals surface area contributed by atoms with E-state index in [4.69, 9.17) is 21.1 Å². The molecule has 0 saturated carbocycles. The molecule has 10 nitrogen and oxygen atoms in total. The number of carbonyl (C=O) groups excluding carboxylic acids is 3. The molecule has 2 heterocycles. The maximum Gasteiger partial charge on any atom is 0.409 e. The number of hydrogen-bond donors (Lipinski definition) is 2. The van der Waals surface area contributed by atoms with Crippen LogP contribution in [-0.4, -0.2) is 52.1 Å². The Balaban J connectivity index is 1.52. The third-order valence-electron chi connectivity index (χ3n) is 5.63. The molecule has 13 heteroatoms. The Labute approximate surface area is 222 Å². The highest BCUT2D eigenvalue weighted by Gasteiger charge is 2.31. The average Bonchev–Trinajstić information content (AvgIpc) is 3.25. The van der Waals surface area contributed by atoms with Crippen molar-refractivity contribution in [1.82, 2.24) is 4.90 Å². The van der Waals surface area contributed by atoms with Crippen LogP contribution < -0.4 is 10.0 Å². The lowest BCUT2D eigenvalue weighted by Crippen LogP contribution is -2.35. The molecular weight excluding hydrogens is 542 g/mol. The molecule has 2 aromatic carbocycles. The van der Waals surface area contributed by atoms with Gasteiger partial charge in [-0.15, -0.1) is 11.3 Å². The van der Waals surface area contributed by atoms with E-state index >= 15 is 0 Å². The molecule has 0 bridgehead atoms. The van der Waals surface area contributed by atoms with Gasteiger partial charge in [-0.3, -0.25) is 9.52 Å². The lowest BCUT2D eigenvalue weighted by Gasteiger charge is -2.25. The van der Waals surface area contributed by atoms with Crippen LogP contribution in [0.2, 0.25) is 5.02 Å². The molecule has 0 radical (unpaired) electrons. The fourth-order valence-electron chi connectivity index (χ4n) is 3.79. The molecule has 0 fully saturated rings. The number of carbonyl (C=O) groups is 3. The monoisotopic (exact) mass is 563 g/mol. The number of methoxy groups -OCH3 is 2. The van der Waals surface area contributed by atoms with E-state index in [1.807, 2.05) is 0 Å². The Morgan fingerprint density at radius 2 is 1.68 bits per heavy atom. The van der Waals surface area contributed by atoms with Crippen molar-refractivity contribution in [1.29, 1.82) is 0 Å². The molecule has 0 saturated heterocycles. The topological polar surface area (TPSA) is 131 Å². The molecule has 3 aromatic rings. The summed E-state index contributed by atoms with van der Waals surface area (Å²) >= 11 is 7.00. The maximum atomic E-state index is 13.0. The highest BCUT2D eigenvalue weighted by molar-refractivity contribution is 7.92. The van der Waals surface area contributed by atoms with Crippen molar-refractivity contribution in [2.24, 2.45) is 0 Å². The summed E-state index contributed by atoms with van der Waals surface area (Å²) in [5.74, 6) is -1.09. The minimum Gasteiger partial charge on any atom is -0.465 e. The summed E-state index contributed by atoms with van der Waals surface area (Å²) in [6.07, 6.45) is -0.0695. The van der Waals surface area contributed by atoms with Crippen LogP contribution in [0.3, 0.4) is 0 Å². The number of fused-ring (bicyclic) bond motifs is 1. The van der Waals surface area contributed by atoms with E-state index in [0.29, 0.717) is 23.0 Å². The van der Waals surface area contributed by atoms with Gasteiger partial charge in [-0.25, -0.2) is 18.0 Å². The molecule has 1 aliphatic heterocycles. The summed E-state index contributed by atoms with van der Waals surface area (Å²) in [4.78, 5) is 39.7. The van der Waals surface area contributed by atoms with Gasteiger partial charge in [-0.1, -0.05) is 11.6 Å². The molecular formula is C24H22ClN3O7S2. The standard InChI is InChI=1S/C24H22ClN3O7S2/c1-34-23(30)20-18-11-12-28(24(31)35-2)13-19(18)36-22(20)26-21(29)14-3-7-16(8-4-14)27-37(32,33)17-9-5-15(25)6-10-17/h3-10,27H,11-13H2,1-2H3,(H,26,29). The predicted molar refractivity (Wildman–Crippen MR) is 139 cm³/mol. The minimum absolute atomic E-state index is 0.0430. The maximum absolute atomic E-state index is 13.0. The molecule has 0 unspecified atom stereocenters. The van der Waals surface area contributed by atoms with Crippen molar-refractivity contribution < 1.29 is 32.3 Å². The number of nitrogens with one attached hydrogen (secondary N) is 2. The first-order chi connectivity index (χ1) is 17.6. The van der Waals surface area contributed by atoms with Crippen molar-refractivity contribution in [3.63, 3.8) is 0 Å². The van der Waals surface area contributed by atoms with Crippen LogP contribution in [0, 0.1) is 0 Å². The fourth-order valence-corrected chi connectivity index (χ4v) is 6.22. The number of halogens is 1. The zero-order chi connectivity index (χ0) is 26.7. The van der Waals surface area contributed by atoms with Crippen molar-refractivity contribution in [3.8, 4) is 0 Å². The van der Waals surface area contributed by atoms with Gasteiger partial charge >= 0.3 is 12.1 Å². The van der Waals surface area contributed by atoms with E-state index in [0.717, 1.165) is 10.4 Å². The van der Waals surface area contributed by atoms with Crippen molar-refractivity contribution in [3.05, 3.63) is 75.1 Å². The SMILES string of the molecule is COC(=O)c1c(NC(=O)c2ccc(NS(=O)(=O)c3ccc(Cl)cc3)cc2)sc2c1CCN(C(=O)OC)C2. The van der Waals surface area contributed by atoms with Gasteiger partial charge in [-0.2, -0.15) is 0 Å². The van der Waals surface area contributed by atoms with Crippen LogP contribution in [0.15, 0.2) is 53.4 Å². The van der Waals surface area contributed by atoms with Crippen molar-refractivity contribution >= 4 is 61.6 Å². The Morgan fingerprint density at radius 1 is 1.00 bits per heavy atom. The van der Waals surface area contributed by atoms with Crippen LogP contribution in [0.1, 0.15) is 31.2 Å². The van der Waals surface area contributed by atoms with Crippen LogP contribution in [0.5, 0.6) is 0 Å². The lowest BCUT2D eigenvalue weighted by molar-refractivity contribution is 0.0600. The normalized spacial score (nSPS) is 12.9. The second-order valence-electron chi connectivity index (χ2n) is 7.93. The van der Waals surface area contributed by atoms with Crippen molar-refractivity contribution in [2.75, 3.05) is 30.8 Å². The Bertz CT molecular complexity index is 1450. The van der Waals surface area contributed by atoms with Gasteiger partial charge in [0.25, 0.3) is 15.9 Å². The highest BCUT2D eigenvalue weighted by Crippen LogP contribution is 2.38. The van der Waals surface area contributed by atoms with E-state index in [1.165, 1.54) is 79.0 Å². The number of rotatable bonds is 6. The molecule has 1 aliphatic rings. The zero-order valence-electron chi connectivity index (χ0n) is 19.7. The Kier molecular flexibility index (Phi) is 7.71. The summed E-state index contributed by atoms with van der Waals surface area (Å²) in [5.41, 5.74) is 1.48. The number of nitrogens with zero attached hydrogens (tertiary/aromatic N) is 1. The van der Waals surface area contributed by atoms with Gasteiger partial charge < -0.3 is 19.7 Å². The second-order valence-corrected chi connectivity index (χ2v) is 11.2. The highest BCUT2D eigenvalue weighted by atomic mass is 35.5. The predicted octanol–water partition coefficient (Wildman–Crippen LogP) is 4.37. The van der Waals surface area contributed by atoms with E-state index in [9.17, 15) is 22.8 Å². The molecule has 0 spiro atoms. The molecule has 2 N–H and O–H groups in total. The minimum atomic E-state index is -3.84. The number of hydrogen-bond acceptors (Lipinski definition) is 8. The average molecular weight is 564 g/mol. The second kappa shape index (κ2) is 10.8. The largest absolute Gasteiger partial charge is 0.465 e. The summed E-state index contributed by atoms with van der Waals surface area (Å²) in [6.45, 7) is 0.607. The van der Waals surface area contributed by atoms with Gasteiger partial charge in [0.15, 0.2) is 0 Å². The van der Waals surface area contributed by atoms with Gasteiger partial charge in [-0.05, 0) is 60.5 Å². The van der Waals surface area contributed by atoms with Gasteiger partial charge in [0.2, 0.25) is 0 Å². The van der Waals surface area contributed by atoms with E-state index in [2.05, 4.69) is 10.0 Å². The van der Waals surface area contributed by atoms with Crippen LogP contribution in [-0.2, 0) is 32.5 Å². The molecule has 4 rings (SSSR count). The third-order valence-corrected chi connectivity index (χ3v) is 8.41. The van der Waals surface area contributed by atoms with E-state index in [-0.39, 0.29) is 28.3 Å². The smallest absolute Gasteiger partial charge is 0.409 e. The quantitative estimate of drug-likeness (QED) is 0.426. The number of ether oxygens (including phenoxy) is 2. The zero-order valence-corrected chi connectivity index (χ0v) is 22.1. The molecule has 0 atom stereocenters. The number of anilines is 2. The Hall–Kier alpha value is -3.61. The fraction of sp³-hybridized carbons (Fsp3) is 0.208. The summed E-state index contributed by atoms with van der Waals surface area (Å²) in [6, 6.07) is 11.5. The van der Waals surface area contributed by atoms with Crippen LogP contribution in [0.25, 0.3) is 0 Å². The number of esters is 1. The van der Waals surface area contributed by atoms with Crippen molar-refractivity contribution in [2.45, 2.75) is 17.9 Å². The third kappa shape index (κ3) is 5.71. The summed E-state index contributed by atoms with van der Waals surface area (Å²) in [7, 11) is -1.29. The van der Waals surface area contributed by atoms with E-state index in [1.54, 1.807) is 0 Å². The van der Waals surface area contributed by atoms with Crippen LogP contribution in [0.4, 0.5) is 15.5 Å². The number of sulfonamides is 1. The van der Waals surface area contributed by atoms with Crippen LogP contribution >= 0.6 is 22.9 Å². The van der Waals surface area contributed by atoms with Gasteiger partial charge in [0.05, 0.1) is 31.2 Å². The summed E-state index contributed by atoms with van der Waals surface area (Å²) < 4.78 is 37.3. The molecule has 37 heavy (non-hydrogen) atoms. The molecule has 194 valence electrons. The Morgan fingerprint density at radius 3 is 2.30 bits per heavy atom. The number of amides is 2.